The van der Waals surface area contributed by atoms with E-state index in [0.717, 1.165) is 29.7 Å². The van der Waals surface area contributed by atoms with Crippen molar-refractivity contribution in [2.45, 2.75) is 39.5 Å². The Bertz CT molecular complexity index is 318. The number of benzene rings is 1. The van der Waals surface area contributed by atoms with Crippen LogP contribution >= 0.6 is 0 Å². The number of aromatic hydroxyl groups is 1. The third kappa shape index (κ3) is 2.19. The third-order valence-corrected chi connectivity index (χ3v) is 2.38. The zero-order valence-electron chi connectivity index (χ0n) is 9.17. The molecule has 1 aromatic carbocycles. The van der Waals surface area contributed by atoms with Crippen LogP contribution in [0.2, 0.25) is 0 Å². The van der Waals surface area contributed by atoms with Crippen LogP contribution in [0.1, 0.15) is 44.2 Å². The second-order valence-electron chi connectivity index (χ2n) is 4.02. The molecule has 0 atom stereocenters. The normalized spacial score (nSPS) is 10.9. The topological polar surface area (TPSA) is 46.2 Å². The molecule has 0 amide bonds. The first-order valence-corrected chi connectivity index (χ1v) is 5.17. The fourth-order valence-corrected chi connectivity index (χ4v) is 1.64. The maximum absolute atomic E-state index is 9.96. The van der Waals surface area contributed by atoms with E-state index < -0.39 is 0 Å². The average Bonchev–Trinajstić information content (AvgIpc) is 2.10. The van der Waals surface area contributed by atoms with Gasteiger partial charge in [0.2, 0.25) is 0 Å². The zero-order chi connectivity index (χ0) is 10.7. The number of hydrogen-bond donors (Lipinski definition) is 2. The largest absolute Gasteiger partial charge is 0.507 e. The Morgan fingerprint density at radius 1 is 1.36 bits per heavy atom. The Morgan fingerprint density at radius 3 is 2.50 bits per heavy atom. The van der Waals surface area contributed by atoms with Crippen LogP contribution in [0.4, 0.5) is 5.69 Å². The SMILES string of the molecule is CCCc1cc(N)cc(C(C)C)c1O. The molecule has 0 aliphatic heterocycles. The molecule has 1 rings (SSSR count). The summed E-state index contributed by atoms with van der Waals surface area (Å²) in [5.41, 5.74) is 8.45. The van der Waals surface area contributed by atoms with Crippen molar-refractivity contribution in [3.8, 4) is 5.75 Å². The summed E-state index contributed by atoms with van der Waals surface area (Å²) in [5, 5.41) is 9.96. The van der Waals surface area contributed by atoms with Crippen LogP contribution in [0, 0.1) is 0 Å². The fraction of sp³-hybridized carbons (Fsp3) is 0.500. The molecule has 0 saturated carbocycles. The van der Waals surface area contributed by atoms with Gasteiger partial charge in [0.05, 0.1) is 0 Å². The highest BCUT2D eigenvalue weighted by Crippen LogP contribution is 2.32. The third-order valence-electron chi connectivity index (χ3n) is 2.38. The quantitative estimate of drug-likeness (QED) is 0.572. The second kappa shape index (κ2) is 4.36. The lowest BCUT2D eigenvalue weighted by atomic mass is 9.96. The summed E-state index contributed by atoms with van der Waals surface area (Å²) >= 11 is 0. The van der Waals surface area contributed by atoms with E-state index >= 15 is 0 Å². The average molecular weight is 193 g/mol. The molecule has 78 valence electrons. The van der Waals surface area contributed by atoms with Crippen molar-refractivity contribution in [3.05, 3.63) is 23.3 Å². The molecule has 0 heterocycles. The molecule has 1 aromatic rings. The van der Waals surface area contributed by atoms with Crippen molar-refractivity contribution in [3.63, 3.8) is 0 Å². The minimum Gasteiger partial charge on any atom is -0.507 e. The van der Waals surface area contributed by atoms with Crippen LogP contribution < -0.4 is 5.73 Å². The van der Waals surface area contributed by atoms with E-state index in [4.69, 9.17) is 5.73 Å². The van der Waals surface area contributed by atoms with Gasteiger partial charge in [-0.3, -0.25) is 0 Å². The molecule has 2 nitrogen and oxygen atoms in total. The zero-order valence-corrected chi connectivity index (χ0v) is 9.17. The Morgan fingerprint density at radius 2 is 2.00 bits per heavy atom. The minimum absolute atomic E-state index is 0.314. The minimum atomic E-state index is 0.314. The molecule has 0 spiro atoms. The Kier molecular flexibility index (Phi) is 3.39. The molecule has 0 radical (unpaired) electrons. The van der Waals surface area contributed by atoms with Crippen molar-refractivity contribution in [2.24, 2.45) is 0 Å². The smallest absolute Gasteiger partial charge is 0.122 e. The van der Waals surface area contributed by atoms with E-state index in [2.05, 4.69) is 20.8 Å². The van der Waals surface area contributed by atoms with Gasteiger partial charge in [0, 0.05) is 5.69 Å². The number of anilines is 1. The van der Waals surface area contributed by atoms with E-state index in [9.17, 15) is 5.11 Å². The van der Waals surface area contributed by atoms with Crippen LogP contribution in [0.5, 0.6) is 5.75 Å². The van der Waals surface area contributed by atoms with Crippen molar-refractivity contribution in [1.29, 1.82) is 0 Å². The Hall–Kier alpha value is -1.18. The predicted octanol–water partition coefficient (Wildman–Crippen LogP) is 3.05. The Balaban J connectivity index is 3.18. The van der Waals surface area contributed by atoms with Gasteiger partial charge < -0.3 is 10.8 Å². The lowest BCUT2D eigenvalue weighted by Gasteiger charge is -2.13. The number of phenols is 1. The molecule has 0 saturated heterocycles. The monoisotopic (exact) mass is 193 g/mol. The maximum Gasteiger partial charge on any atom is 0.122 e. The Labute approximate surface area is 85.8 Å². The summed E-state index contributed by atoms with van der Waals surface area (Å²) < 4.78 is 0. The van der Waals surface area contributed by atoms with E-state index in [1.807, 2.05) is 12.1 Å². The van der Waals surface area contributed by atoms with Crippen molar-refractivity contribution in [1.82, 2.24) is 0 Å². The van der Waals surface area contributed by atoms with Crippen LogP contribution in [0.25, 0.3) is 0 Å². The van der Waals surface area contributed by atoms with E-state index in [1.165, 1.54) is 0 Å². The molecule has 0 bridgehead atoms. The van der Waals surface area contributed by atoms with Gasteiger partial charge in [-0.25, -0.2) is 0 Å². The molecular weight excluding hydrogens is 174 g/mol. The first kappa shape index (κ1) is 10.9. The number of rotatable bonds is 3. The second-order valence-corrected chi connectivity index (χ2v) is 4.02. The predicted molar refractivity (Wildman–Crippen MR) is 60.6 cm³/mol. The fourth-order valence-electron chi connectivity index (χ4n) is 1.64. The molecule has 0 unspecified atom stereocenters. The molecule has 0 aliphatic rings. The maximum atomic E-state index is 9.96. The summed E-state index contributed by atoms with van der Waals surface area (Å²) in [5.74, 6) is 0.741. The van der Waals surface area contributed by atoms with E-state index in [0.29, 0.717) is 11.7 Å². The summed E-state index contributed by atoms with van der Waals surface area (Å²) in [4.78, 5) is 0. The van der Waals surface area contributed by atoms with Gasteiger partial charge in [-0.2, -0.15) is 0 Å². The van der Waals surface area contributed by atoms with Gasteiger partial charge in [0.15, 0.2) is 0 Å². The van der Waals surface area contributed by atoms with Gasteiger partial charge in [-0.15, -0.1) is 0 Å². The van der Waals surface area contributed by atoms with Crippen LogP contribution in [-0.2, 0) is 6.42 Å². The number of nitrogens with two attached hydrogens (primary N) is 1. The van der Waals surface area contributed by atoms with E-state index in [1.54, 1.807) is 0 Å². The summed E-state index contributed by atoms with van der Waals surface area (Å²) in [6.45, 7) is 6.21. The van der Waals surface area contributed by atoms with Crippen molar-refractivity contribution < 1.29 is 5.11 Å². The summed E-state index contributed by atoms with van der Waals surface area (Å²) in [7, 11) is 0. The van der Waals surface area contributed by atoms with Gasteiger partial charge in [-0.1, -0.05) is 27.2 Å². The number of nitrogen functional groups attached to an aromatic ring is 1. The van der Waals surface area contributed by atoms with Gasteiger partial charge in [0.25, 0.3) is 0 Å². The number of aryl methyl sites for hydroxylation is 1. The molecule has 14 heavy (non-hydrogen) atoms. The molecule has 0 aromatic heterocycles. The highest BCUT2D eigenvalue weighted by atomic mass is 16.3. The van der Waals surface area contributed by atoms with Crippen molar-refractivity contribution >= 4 is 5.69 Å². The number of phenolic OH excluding ortho intramolecular Hbond substituents is 1. The molecule has 3 N–H and O–H groups in total. The highest BCUT2D eigenvalue weighted by Gasteiger charge is 2.10. The first-order valence-electron chi connectivity index (χ1n) is 5.17. The van der Waals surface area contributed by atoms with Crippen LogP contribution in [0.15, 0.2) is 12.1 Å². The van der Waals surface area contributed by atoms with Gasteiger partial charge in [0.1, 0.15) is 5.75 Å². The first-order chi connectivity index (χ1) is 6.56. The van der Waals surface area contributed by atoms with Crippen LogP contribution in [0.3, 0.4) is 0 Å². The lowest BCUT2D eigenvalue weighted by Crippen LogP contribution is -1.97. The van der Waals surface area contributed by atoms with Gasteiger partial charge >= 0.3 is 0 Å². The molecule has 0 fully saturated rings. The van der Waals surface area contributed by atoms with Gasteiger partial charge in [-0.05, 0) is 35.6 Å². The highest BCUT2D eigenvalue weighted by molar-refractivity contribution is 5.53. The standard InChI is InChI=1S/C12H19NO/c1-4-5-9-6-10(13)7-11(8(2)3)12(9)14/h6-8,14H,4-5,13H2,1-3H3. The number of hydrogen-bond acceptors (Lipinski definition) is 2. The summed E-state index contributed by atoms with van der Waals surface area (Å²) in [6, 6.07) is 3.73. The molecule has 0 aliphatic carbocycles. The van der Waals surface area contributed by atoms with Crippen LogP contribution in [-0.4, -0.2) is 5.11 Å². The van der Waals surface area contributed by atoms with E-state index in [-0.39, 0.29) is 0 Å². The lowest BCUT2D eigenvalue weighted by molar-refractivity contribution is 0.457. The van der Waals surface area contributed by atoms with Crippen molar-refractivity contribution in [2.75, 3.05) is 5.73 Å². The molecule has 2 heteroatoms. The molecular formula is C12H19NO. The summed E-state index contributed by atoms with van der Waals surface area (Å²) in [6.07, 6.45) is 1.91.